The summed E-state index contributed by atoms with van der Waals surface area (Å²) in [6.45, 7) is 9.49. The molecule has 2 saturated heterocycles. The number of aliphatic hydroxyl groups is 3. The van der Waals surface area contributed by atoms with Crippen LogP contribution in [0.2, 0.25) is 0 Å². The minimum absolute atomic E-state index is 0.0390. The number of esters is 1. The van der Waals surface area contributed by atoms with Crippen LogP contribution in [0.25, 0.3) is 0 Å². The second-order valence-electron chi connectivity index (χ2n) is 19.0. The number of benzene rings is 1. The molecule has 2 heterocycles. The van der Waals surface area contributed by atoms with Gasteiger partial charge in [0.05, 0.1) is 49.5 Å². The normalized spacial score (nSPS) is 23.6. The highest BCUT2D eigenvalue weighted by atomic mass is 32.2. The highest BCUT2D eigenvalue weighted by Gasteiger charge is 2.47. The first-order chi connectivity index (χ1) is 31.8. The van der Waals surface area contributed by atoms with Crippen LogP contribution in [0.15, 0.2) is 18.2 Å². The van der Waals surface area contributed by atoms with Crippen LogP contribution in [0.4, 0.5) is 5.69 Å². The Labute approximate surface area is 401 Å². The fourth-order valence-electron chi connectivity index (χ4n) is 7.43. The number of amides is 5. The Morgan fingerprint density at radius 1 is 0.913 bits per heavy atom. The van der Waals surface area contributed by atoms with Gasteiger partial charge >= 0.3 is 17.9 Å². The summed E-state index contributed by atoms with van der Waals surface area (Å²) in [7, 11) is -2.09. The van der Waals surface area contributed by atoms with Gasteiger partial charge in [-0.05, 0) is 76.1 Å². The van der Waals surface area contributed by atoms with Gasteiger partial charge in [-0.15, -0.1) is 9.24 Å². The molecule has 2 aliphatic rings. The van der Waals surface area contributed by atoms with Crippen LogP contribution >= 0.6 is 9.24 Å². The summed E-state index contributed by atoms with van der Waals surface area (Å²) >= 11 is 0. The molecule has 1 aromatic rings. The Hall–Kier alpha value is -4.88. The standard InChI is InChI=1S/C43H66N5O19PS/c1-21(2)32(47-30(50)18-48-26(20-65-12-13-69(62,63)64)15-27(39(48)58)46-29(49)16-43(7,68)17-31(51)52)38(57)44-22(3)37(56)45-25-10-8-24(19-66-41(61)42(4,5)6)23(14-25)9-11-28-33(53)34(54)35(55)36(67-28)40(59)60/h8,10,14,21-22,26-28,32-36,53-55H,9,11-13,15-20,68H2,1-7H3,(H,44,57)(H,45,56)(H,46,49)(H,47,50)(H,51,52)(H,59,60)(H,62,63,64)/t22-,26-,27-,28-,32-,33-,34+,35-,36-,43?/m0/s1. The lowest BCUT2D eigenvalue weighted by Crippen LogP contribution is -2.59. The van der Waals surface area contributed by atoms with Crippen molar-refractivity contribution in [3.05, 3.63) is 29.3 Å². The van der Waals surface area contributed by atoms with Gasteiger partial charge in [-0.1, -0.05) is 26.8 Å². The van der Waals surface area contributed by atoms with E-state index in [1.807, 2.05) is 0 Å². The molecule has 0 aliphatic carbocycles. The van der Waals surface area contributed by atoms with E-state index in [1.165, 1.54) is 26.0 Å². The minimum Gasteiger partial charge on any atom is -0.481 e. The van der Waals surface area contributed by atoms with Crippen LogP contribution < -0.4 is 21.3 Å². The molecule has 388 valence electrons. The van der Waals surface area contributed by atoms with E-state index in [0.29, 0.717) is 11.1 Å². The van der Waals surface area contributed by atoms with E-state index in [0.717, 1.165) is 4.90 Å². The van der Waals surface area contributed by atoms with Crippen LogP contribution in [0, 0.1) is 11.3 Å². The Morgan fingerprint density at radius 3 is 2.14 bits per heavy atom. The van der Waals surface area contributed by atoms with Crippen molar-refractivity contribution in [3.8, 4) is 0 Å². The highest BCUT2D eigenvalue weighted by Crippen LogP contribution is 2.29. The van der Waals surface area contributed by atoms with Gasteiger partial charge in [0, 0.05) is 17.3 Å². The number of rotatable bonds is 24. The second kappa shape index (κ2) is 24.8. The molecular weight excluding hydrogens is 954 g/mol. The lowest BCUT2D eigenvalue weighted by atomic mass is 9.91. The maximum Gasteiger partial charge on any atom is 0.335 e. The molecule has 0 radical (unpaired) electrons. The van der Waals surface area contributed by atoms with Crippen molar-refractivity contribution < 1.29 is 91.1 Å². The predicted molar refractivity (Wildman–Crippen MR) is 246 cm³/mol. The monoisotopic (exact) mass is 1020 g/mol. The van der Waals surface area contributed by atoms with Crippen LogP contribution in [0.5, 0.6) is 0 Å². The van der Waals surface area contributed by atoms with E-state index < -0.39 is 148 Å². The summed E-state index contributed by atoms with van der Waals surface area (Å²) in [6, 6.07) is 0.0536. The summed E-state index contributed by atoms with van der Waals surface area (Å²) in [5.74, 6) is -8.21. The first-order valence-electron chi connectivity index (χ1n) is 22.1. The topological polar surface area (TPSA) is 371 Å². The third kappa shape index (κ3) is 18.1. The van der Waals surface area contributed by atoms with E-state index >= 15 is 0 Å². The van der Waals surface area contributed by atoms with Gasteiger partial charge in [0.2, 0.25) is 29.5 Å². The van der Waals surface area contributed by atoms with Gasteiger partial charge in [-0.3, -0.25) is 38.1 Å². The molecule has 26 heteroatoms. The van der Waals surface area contributed by atoms with E-state index in [4.69, 9.17) is 18.8 Å². The largest absolute Gasteiger partial charge is 0.481 e. The molecule has 0 spiro atoms. The Bertz CT molecular complexity index is 2170. The fourth-order valence-corrected chi connectivity index (χ4v) is 8.11. The van der Waals surface area contributed by atoms with Gasteiger partial charge in [-0.2, -0.15) is 8.42 Å². The molecular formula is C43H66N5O19PS. The number of ether oxygens (including phenoxy) is 3. The lowest BCUT2D eigenvalue weighted by molar-refractivity contribution is -0.228. The Morgan fingerprint density at radius 2 is 1.57 bits per heavy atom. The number of nitrogens with zero attached hydrogens (tertiary/aromatic N) is 1. The Balaban J connectivity index is 1.74. The van der Waals surface area contributed by atoms with Crippen molar-refractivity contribution in [1.29, 1.82) is 0 Å². The number of carbonyl (C=O) groups excluding carboxylic acids is 6. The minimum atomic E-state index is -4.39. The van der Waals surface area contributed by atoms with Crippen LogP contribution in [-0.2, 0) is 75.7 Å². The van der Waals surface area contributed by atoms with Gasteiger partial charge in [0.25, 0.3) is 10.1 Å². The van der Waals surface area contributed by atoms with Gasteiger partial charge in [-0.25, -0.2) is 4.79 Å². The number of carbonyl (C=O) groups is 8. The summed E-state index contributed by atoms with van der Waals surface area (Å²) in [5.41, 5.74) is 0.315. The number of carboxylic acid groups (broad SMARTS) is 2. The number of hydrogen-bond donors (Lipinski definition) is 10. The second-order valence-corrected chi connectivity index (χ2v) is 22.0. The van der Waals surface area contributed by atoms with E-state index in [2.05, 4.69) is 30.5 Å². The smallest absolute Gasteiger partial charge is 0.335 e. The number of anilines is 1. The zero-order valence-corrected chi connectivity index (χ0v) is 41.5. The molecule has 3 rings (SSSR count). The third-order valence-corrected chi connectivity index (χ3v) is 12.3. The van der Waals surface area contributed by atoms with Crippen molar-refractivity contribution in [2.45, 2.75) is 147 Å². The summed E-state index contributed by atoms with van der Waals surface area (Å²) in [6.07, 6.45) is -9.21. The highest BCUT2D eigenvalue weighted by molar-refractivity contribution is 7.85. The van der Waals surface area contributed by atoms with Crippen molar-refractivity contribution in [2.24, 2.45) is 11.3 Å². The molecule has 2 unspecified atom stereocenters. The van der Waals surface area contributed by atoms with Crippen LogP contribution in [0.1, 0.15) is 85.3 Å². The van der Waals surface area contributed by atoms with Gasteiger partial charge in [0.15, 0.2) is 6.10 Å². The lowest BCUT2D eigenvalue weighted by Gasteiger charge is -2.39. The molecule has 0 bridgehead atoms. The average Bonchev–Trinajstić information content (AvgIpc) is 3.49. The molecule has 2 aliphatic heterocycles. The number of carboxylic acids is 2. The zero-order chi connectivity index (χ0) is 52.3. The van der Waals surface area contributed by atoms with Crippen molar-refractivity contribution in [2.75, 3.05) is 30.8 Å². The van der Waals surface area contributed by atoms with Crippen molar-refractivity contribution in [3.63, 3.8) is 0 Å². The van der Waals surface area contributed by atoms with E-state index in [9.17, 15) is 72.3 Å². The van der Waals surface area contributed by atoms with E-state index in [1.54, 1.807) is 40.7 Å². The van der Waals surface area contributed by atoms with Gasteiger partial charge < -0.3 is 65.9 Å². The number of aliphatic hydroxyl groups excluding tert-OH is 3. The third-order valence-electron chi connectivity index (χ3n) is 11.2. The molecule has 24 nitrogen and oxygen atoms in total. The summed E-state index contributed by atoms with van der Waals surface area (Å²) in [4.78, 5) is 104. The maximum atomic E-state index is 13.6. The SMILES string of the molecule is CC(C)[C@H](NC(=O)CN1C(=O)[C@@H](NC(=O)CC(C)(P)CC(=O)O)C[C@H]1COCCS(=O)(=O)O)C(=O)N[C@@H](C)C(=O)Nc1ccc(COC(=O)C(C)(C)C)c(CC[C@@H]2O[C@H](C(=O)O)[C@@H](O)[C@H](O)[C@H]2O)c1. The number of nitrogens with one attached hydrogen (secondary N) is 4. The number of aliphatic carboxylic acids is 2. The summed E-state index contributed by atoms with van der Waals surface area (Å²) in [5, 5.41) is 59.0. The van der Waals surface area contributed by atoms with Gasteiger partial charge in [0.1, 0.15) is 43.0 Å². The Kier molecular flexibility index (Phi) is 21.0. The predicted octanol–water partition coefficient (Wildman–Crippen LogP) is -1.28. The molecule has 10 N–H and O–H groups in total. The molecule has 1 aromatic carbocycles. The van der Waals surface area contributed by atoms with E-state index in [-0.39, 0.29) is 51.0 Å². The number of likely N-dealkylation sites (tertiary alicyclic amines) is 1. The molecule has 69 heavy (non-hydrogen) atoms. The van der Waals surface area contributed by atoms with Crippen molar-refractivity contribution >= 4 is 72.5 Å². The number of aryl methyl sites for hydroxylation is 1. The zero-order valence-electron chi connectivity index (χ0n) is 39.5. The molecule has 5 amide bonds. The first kappa shape index (κ1) is 58.4. The molecule has 2 fully saturated rings. The quantitative estimate of drug-likeness (QED) is 0.0249. The molecule has 11 atom stereocenters. The van der Waals surface area contributed by atoms with Crippen LogP contribution in [0.3, 0.4) is 0 Å². The number of hydrogen-bond acceptors (Lipinski definition) is 16. The summed E-state index contributed by atoms with van der Waals surface area (Å²) < 4.78 is 47.8. The van der Waals surface area contributed by atoms with Crippen molar-refractivity contribution in [1.82, 2.24) is 20.9 Å². The fraction of sp³-hybridized carbons (Fsp3) is 0.674. The molecule has 0 saturated carbocycles. The first-order valence-corrected chi connectivity index (χ1v) is 24.2. The van der Waals surface area contributed by atoms with Crippen LogP contribution in [-0.4, -0.2) is 176 Å². The average molecular weight is 1020 g/mol. The molecule has 0 aromatic heterocycles. The maximum absolute atomic E-state index is 13.6.